The fourth-order valence-electron chi connectivity index (χ4n) is 1.16. The minimum atomic E-state index is -0.950. The van der Waals surface area contributed by atoms with Crippen LogP contribution in [0, 0.1) is 11.6 Å². The Morgan fingerprint density at radius 3 is 2.76 bits per heavy atom. The van der Waals surface area contributed by atoms with Gasteiger partial charge in [0.05, 0.1) is 16.8 Å². The van der Waals surface area contributed by atoms with Gasteiger partial charge in [0.2, 0.25) is 5.91 Å². The van der Waals surface area contributed by atoms with Crippen molar-refractivity contribution in [2.75, 3.05) is 5.32 Å². The number of carbonyl (C=O) groups excluding carboxylic acids is 1. The minimum absolute atomic E-state index is 0.221. The van der Waals surface area contributed by atoms with Gasteiger partial charge in [0, 0.05) is 6.07 Å². The zero-order valence-electron chi connectivity index (χ0n) is 8.84. The fourth-order valence-corrected chi connectivity index (χ4v) is 1.41. The van der Waals surface area contributed by atoms with Crippen LogP contribution >= 0.6 is 11.6 Å². The molecule has 0 aliphatic heterocycles. The number of halogens is 3. The van der Waals surface area contributed by atoms with Gasteiger partial charge in [-0.2, -0.15) is 0 Å². The zero-order valence-corrected chi connectivity index (χ0v) is 9.60. The van der Waals surface area contributed by atoms with Crippen LogP contribution in [0.15, 0.2) is 24.8 Å². The molecule has 0 saturated heterocycles. The summed E-state index contributed by atoms with van der Waals surface area (Å²) >= 11 is 5.60. The number of benzene rings is 1. The van der Waals surface area contributed by atoms with Crippen molar-refractivity contribution in [1.29, 1.82) is 0 Å². The van der Waals surface area contributed by atoms with E-state index in [2.05, 4.69) is 11.9 Å². The molecule has 0 saturated carbocycles. The number of carbonyl (C=O) groups is 1. The van der Waals surface area contributed by atoms with E-state index in [1.54, 1.807) is 0 Å². The quantitative estimate of drug-likeness (QED) is 0.817. The van der Waals surface area contributed by atoms with E-state index in [-0.39, 0.29) is 17.1 Å². The lowest BCUT2D eigenvalue weighted by Gasteiger charge is -2.12. The molecule has 17 heavy (non-hydrogen) atoms. The summed E-state index contributed by atoms with van der Waals surface area (Å²) in [5.74, 6) is -2.38. The lowest BCUT2D eigenvalue weighted by atomic mass is 10.2. The van der Waals surface area contributed by atoms with Gasteiger partial charge in [-0.15, -0.1) is 6.58 Å². The van der Waals surface area contributed by atoms with Gasteiger partial charge in [-0.25, -0.2) is 8.78 Å². The second kappa shape index (κ2) is 5.75. The van der Waals surface area contributed by atoms with E-state index in [4.69, 9.17) is 17.3 Å². The Morgan fingerprint density at radius 2 is 2.24 bits per heavy atom. The number of hydrogen-bond acceptors (Lipinski definition) is 2. The van der Waals surface area contributed by atoms with Crippen molar-refractivity contribution in [2.45, 2.75) is 12.5 Å². The molecule has 3 nitrogen and oxygen atoms in total. The van der Waals surface area contributed by atoms with Crippen LogP contribution in [0.1, 0.15) is 6.42 Å². The Labute approximate surface area is 102 Å². The number of rotatable bonds is 4. The molecule has 0 aromatic heterocycles. The zero-order chi connectivity index (χ0) is 13.0. The van der Waals surface area contributed by atoms with Crippen molar-refractivity contribution in [3.63, 3.8) is 0 Å². The second-order valence-corrected chi connectivity index (χ2v) is 3.77. The first-order valence-electron chi connectivity index (χ1n) is 4.77. The smallest absolute Gasteiger partial charge is 0.241 e. The lowest BCUT2D eigenvalue weighted by Crippen LogP contribution is -2.35. The van der Waals surface area contributed by atoms with Crippen molar-refractivity contribution in [3.8, 4) is 0 Å². The third kappa shape index (κ3) is 3.51. The standard InChI is InChI=1S/C11H11ClF2N2O/c1-2-3-9(15)11(17)16-10-7(12)4-6(13)5-8(10)14/h2,4-5,9H,1,3,15H2,(H,16,17). The van der Waals surface area contributed by atoms with Gasteiger partial charge in [0.25, 0.3) is 0 Å². The molecule has 3 N–H and O–H groups in total. The predicted molar refractivity (Wildman–Crippen MR) is 62.8 cm³/mol. The van der Waals surface area contributed by atoms with Gasteiger partial charge >= 0.3 is 0 Å². The van der Waals surface area contributed by atoms with Crippen LogP contribution in [0.2, 0.25) is 5.02 Å². The highest BCUT2D eigenvalue weighted by molar-refractivity contribution is 6.33. The summed E-state index contributed by atoms with van der Waals surface area (Å²) in [6.07, 6.45) is 1.71. The van der Waals surface area contributed by atoms with Crippen molar-refractivity contribution < 1.29 is 13.6 Å². The fraction of sp³-hybridized carbons (Fsp3) is 0.182. The van der Waals surface area contributed by atoms with Gasteiger partial charge in [-0.1, -0.05) is 17.7 Å². The second-order valence-electron chi connectivity index (χ2n) is 3.36. The maximum absolute atomic E-state index is 13.3. The van der Waals surface area contributed by atoms with E-state index in [0.29, 0.717) is 6.07 Å². The number of nitrogens with two attached hydrogens (primary N) is 1. The average molecular weight is 261 g/mol. The molecule has 6 heteroatoms. The third-order valence-corrected chi connectivity index (χ3v) is 2.31. The van der Waals surface area contributed by atoms with Crippen molar-refractivity contribution in [1.82, 2.24) is 0 Å². The molecule has 0 bridgehead atoms. The molecule has 0 fully saturated rings. The maximum atomic E-state index is 13.3. The summed E-state index contributed by atoms with van der Waals surface area (Å²) < 4.78 is 26.1. The molecule has 1 atom stereocenters. The number of anilines is 1. The Hall–Kier alpha value is -1.46. The van der Waals surface area contributed by atoms with Gasteiger partial charge in [0.15, 0.2) is 5.82 Å². The molecule has 1 amide bonds. The van der Waals surface area contributed by atoms with Crippen LogP contribution in [0.25, 0.3) is 0 Å². The molecule has 0 aliphatic rings. The molecular formula is C11H11ClF2N2O. The average Bonchev–Trinajstić information content (AvgIpc) is 2.23. The summed E-state index contributed by atoms with van der Waals surface area (Å²) in [6.45, 7) is 3.43. The van der Waals surface area contributed by atoms with Crippen molar-refractivity contribution in [3.05, 3.63) is 41.4 Å². The Kier molecular flexibility index (Phi) is 4.60. The summed E-state index contributed by atoms with van der Waals surface area (Å²) in [6, 6.07) is 0.674. The van der Waals surface area contributed by atoms with Crippen molar-refractivity contribution >= 4 is 23.2 Å². The monoisotopic (exact) mass is 260 g/mol. The highest BCUT2D eigenvalue weighted by Gasteiger charge is 2.17. The van der Waals surface area contributed by atoms with E-state index in [0.717, 1.165) is 6.07 Å². The van der Waals surface area contributed by atoms with Gasteiger partial charge < -0.3 is 11.1 Å². The number of amides is 1. The van der Waals surface area contributed by atoms with Crippen LogP contribution in [-0.2, 0) is 4.79 Å². The van der Waals surface area contributed by atoms with Crippen LogP contribution in [-0.4, -0.2) is 11.9 Å². The Balaban J connectivity index is 2.88. The molecule has 0 aliphatic carbocycles. The topological polar surface area (TPSA) is 55.1 Å². The van der Waals surface area contributed by atoms with E-state index >= 15 is 0 Å². The Bertz CT molecular complexity index is 428. The summed E-state index contributed by atoms with van der Waals surface area (Å²) in [5, 5.41) is 1.98. The highest BCUT2D eigenvalue weighted by atomic mass is 35.5. The van der Waals surface area contributed by atoms with Crippen LogP contribution in [0.3, 0.4) is 0 Å². The van der Waals surface area contributed by atoms with E-state index in [1.165, 1.54) is 6.08 Å². The molecule has 0 spiro atoms. The molecule has 1 rings (SSSR count). The largest absolute Gasteiger partial charge is 0.321 e. The van der Waals surface area contributed by atoms with Gasteiger partial charge in [-0.05, 0) is 12.5 Å². The third-order valence-electron chi connectivity index (χ3n) is 2.01. The molecule has 0 heterocycles. The first kappa shape index (κ1) is 13.6. The summed E-state index contributed by atoms with van der Waals surface area (Å²) in [7, 11) is 0. The number of nitrogens with one attached hydrogen (secondary N) is 1. The first-order chi connectivity index (χ1) is 7.95. The molecule has 1 unspecified atom stereocenters. The van der Waals surface area contributed by atoms with E-state index < -0.39 is 23.6 Å². The van der Waals surface area contributed by atoms with Gasteiger partial charge in [0.1, 0.15) is 5.82 Å². The lowest BCUT2D eigenvalue weighted by molar-refractivity contribution is -0.117. The SMILES string of the molecule is C=CCC(N)C(=O)Nc1c(F)cc(F)cc1Cl. The van der Waals surface area contributed by atoms with Crippen LogP contribution in [0.5, 0.6) is 0 Å². The normalized spacial score (nSPS) is 12.0. The van der Waals surface area contributed by atoms with E-state index in [1.807, 2.05) is 0 Å². The molecular weight excluding hydrogens is 250 g/mol. The molecule has 1 aromatic rings. The van der Waals surface area contributed by atoms with E-state index in [9.17, 15) is 13.6 Å². The number of hydrogen-bond donors (Lipinski definition) is 2. The van der Waals surface area contributed by atoms with Crippen LogP contribution < -0.4 is 11.1 Å². The maximum Gasteiger partial charge on any atom is 0.241 e. The summed E-state index contributed by atoms with van der Waals surface area (Å²) in [5.41, 5.74) is 5.20. The van der Waals surface area contributed by atoms with Crippen LogP contribution in [0.4, 0.5) is 14.5 Å². The minimum Gasteiger partial charge on any atom is -0.321 e. The predicted octanol–water partition coefficient (Wildman–Crippen LogP) is 2.46. The molecule has 1 aromatic carbocycles. The summed E-state index contributed by atoms with van der Waals surface area (Å²) in [4.78, 5) is 11.5. The molecule has 0 radical (unpaired) electrons. The first-order valence-corrected chi connectivity index (χ1v) is 5.15. The van der Waals surface area contributed by atoms with Gasteiger partial charge in [-0.3, -0.25) is 4.79 Å². The highest BCUT2D eigenvalue weighted by Crippen LogP contribution is 2.26. The van der Waals surface area contributed by atoms with Crippen molar-refractivity contribution in [2.24, 2.45) is 5.73 Å². The Morgan fingerprint density at radius 1 is 1.59 bits per heavy atom. The molecule has 92 valence electrons.